The van der Waals surface area contributed by atoms with Crippen LogP contribution in [0.4, 0.5) is 11.4 Å². The highest BCUT2D eigenvalue weighted by Gasteiger charge is 2.17. The summed E-state index contributed by atoms with van der Waals surface area (Å²) in [6, 6.07) is 13.8. The summed E-state index contributed by atoms with van der Waals surface area (Å²) in [5.74, 6) is 0.0331. The average molecular weight is 410 g/mol. The Bertz CT molecular complexity index is 1070. The lowest BCUT2D eigenvalue weighted by atomic mass is 9.91. The average Bonchev–Trinajstić information content (AvgIpc) is 2.76. The number of aromatic hydroxyl groups is 1. The van der Waals surface area contributed by atoms with Crippen molar-refractivity contribution in [1.82, 2.24) is 0 Å². The van der Waals surface area contributed by atoms with Crippen LogP contribution in [0.15, 0.2) is 57.6 Å². The Morgan fingerprint density at radius 1 is 1.03 bits per heavy atom. The molecule has 7 heteroatoms. The fourth-order valence-electron chi connectivity index (χ4n) is 3.87. The lowest BCUT2D eigenvalue weighted by Gasteiger charge is -2.15. The summed E-state index contributed by atoms with van der Waals surface area (Å²) < 4.78 is 4.61. The van der Waals surface area contributed by atoms with Gasteiger partial charge in [-0.2, -0.15) is 5.11 Å². The number of aryl methyl sites for hydroxylation is 3. The van der Waals surface area contributed by atoms with Crippen molar-refractivity contribution in [2.24, 2.45) is 10.2 Å². The first-order chi connectivity index (χ1) is 14.2. The second-order valence-electron chi connectivity index (χ2n) is 7.03. The number of phenols is 1. The van der Waals surface area contributed by atoms with Gasteiger partial charge in [0.25, 0.3) is 0 Å². The molecule has 0 unspecified atom stereocenters. The molecule has 1 aliphatic carbocycles. The fourth-order valence-corrected chi connectivity index (χ4v) is 4.37. The van der Waals surface area contributed by atoms with E-state index in [1.807, 2.05) is 37.3 Å². The van der Waals surface area contributed by atoms with Gasteiger partial charge >= 0.3 is 0 Å². The molecule has 0 atom stereocenters. The molecule has 0 aliphatic heterocycles. The molecule has 0 saturated carbocycles. The molecule has 29 heavy (non-hydrogen) atoms. The van der Waals surface area contributed by atoms with E-state index in [1.165, 1.54) is 24.0 Å². The molecule has 2 N–H and O–H groups in total. The molecular weight excluding hydrogens is 388 g/mol. The van der Waals surface area contributed by atoms with E-state index in [4.69, 9.17) is 5.26 Å². The van der Waals surface area contributed by atoms with Gasteiger partial charge in [-0.25, -0.2) is 5.26 Å². The number of azo groups is 1. The van der Waals surface area contributed by atoms with Gasteiger partial charge in [0.1, 0.15) is 5.69 Å². The summed E-state index contributed by atoms with van der Waals surface area (Å²) >= 11 is 0.762. The van der Waals surface area contributed by atoms with E-state index in [2.05, 4.69) is 31.7 Å². The van der Waals surface area contributed by atoms with Crippen LogP contribution in [0, 0.1) is 0 Å². The van der Waals surface area contributed by atoms with Crippen molar-refractivity contribution in [2.75, 3.05) is 0 Å². The minimum absolute atomic E-state index is 0.0331. The SMILES string of the molecule is CCc1cccc2cc(SOOO)c(N=Nc3ccc4c(c3)CCCC4)c(O)c12. The fraction of sp³-hybridized carbons (Fsp3) is 0.273. The first-order valence-corrected chi connectivity index (χ1v) is 10.4. The minimum Gasteiger partial charge on any atom is -0.505 e. The standard InChI is InChI=1S/C22H22N2O4S/c1-2-14-8-5-9-17-13-19(29-28-27-26)21(22(25)20(14)17)24-23-18-11-10-15-6-3-4-7-16(15)12-18/h5,8-13,25-26H,2-4,6-7H2,1H3. The zero-order chi connectivity index (χ0) is 20.2. The van der Waals surface area contributed by atoms with Crippen molar-refractivity contribution in [2.45, 2.75) is 43.9 Å². The van der Waals surface area contributed by atoms with Crippen molar-refractivity contribution in [1.29, 1.82) is 0 Å². The number of fused-ring (bicyclic) bond motifs is 2. The van der Waals surface area contributed by atoms with Gasteiger partial charge in [-0.3, -0.25) is 0 Å². The zero-order valence-electron chi connectivity index (χ0n) is 16.1. The van der Waals surface area contributed by atoms with Crippen molar-refractivity contribution in [3.05, 3.63) is 59.2 Å². The van der Waals surface area contributed by atoms with Crippen LogP contribution in [0.2, 0.25) is 0 Å². The molecule has 0 aromatic heterocycles. The normalized spacial score (nSPS) is 13.9. The maximum Gasteiger partial charge on any atom is 0.152 e. The molecule has 0 saturated heterocycles. The van der Waals surface area contributed by atoms with E-state index in [0.29, 0.717) is 4.90 Å². The Morgan fingerprint density at radius 3 is 2.66 bits per heavy atom. The summed E-state index contributed by atoms with van der Waals surface area (Å²) in [6.45, 7) is 2.04. The van der Waals surface area contributed by atoms with Gasteiger partial charge in [-0.1, -0.05) is 36.2 Å². The van der Waals surface area contributed by atoms with Gasteiger partial charge in [0, 0.05) is 5.39 Å². The van der Waals surface area contributed by atoms with Crippen LogP contribution in [0.5, 0.6) is 5.75 Å². The lowest BCUT2D eigenvalue weighted by Crippen LogP contribution is -2.01. The van der Waals surface area contributed by atoms with Crippen molar-refractivity contribution < 1.29 is 19.7 Å². The van der Waals surface area contributed by atoms with Crippen molar-refractivity contribution >= 4 is 34.2 Å². The van der Waals surface area contributed by atoms with E-state index in [1.54, 1.807) is 0 Å². The van der Waals surface area contributed by atoms with Crippen LogP contribution in [-0.4, -0.2) is 10.4 Å². The molecule has 0 spiro atoms. The third-order valence-electron chi connectivity index (χ3n) is 5.30. The molecule has 0 radical (unpaired) electrons. The second kappa shape index (κ2) is 8.92. The summed E-state index contributed by atoms with van der Waals surface area (Å²) in [7, 11) is 0. The maximum absolute atomic E-state index is 11.0. The van der Waals surface area contributed by atoms with Crippen LogP contribution in [0.1, 0.15) is 36.5 Å². The van der Waals surface area contributed by atoms with Gasteiger partial charge in [0.2, 0.25) is 0 Å². The van der Waals surface area contributed by atoms with E-state index >= 15 is 0 Å². The molecule has 150 valence electrons. The molecule has 0 bridgehead atoms. The van der Waals surface area contributed by atoms with Gasteiger partial charge in [0.05, 0.1) is 22.6 Å². The Hall–Kier alpha value is -2.45. The number of benzene rings is 3. The number of phenolic OH excluding ortho intramolecular Hbond substituents is 1. The molecular formula is C22H22N2O4S. The highest BCUT2D eigenvalue weighted by molar-refractivity contribution is 7.94. The van der Waals surface area contributed by atoms with Gasteiger partial charge < -0.3 is 5.11 Å². The minimum atomic E-state index is 0.0331. The summed E-state index contributed by atoms with van der Waals surface area (Å²) in [6.07, 6.45) is 5.36. The topological polar surface area (TPSA) is 83.6 Å². The van der Waals surface area contributed by atoms with E-state index < -0.39 is 0 Å². The Morgan fingerprint density at radius 2 is 1.86 bits per heavy atom. The number of hydrogen-bond acceptors (Lipinski definition) is 7. The highest BCUT2D eigenvalue weighted by Crippen LogP contribution is 2.45. The van der Waals surface area contributed by atoms with Gasteiger partial charge in [-0.05, 0) is 72.4 Å². The zero-order valence-corrected chi connectivity index (χ0v) is 16.9. The van der Waals surface area contributed by atoms with Crippen molar-refractivity contribution in [3.63, 3.8) is 0 Å². The van der Waals surface area contributed by atoms with Gasteiger partial charge in [0.15, 0.2) is 5.75 Å². The largest absolute Gasteiger partial charge is 0.505 e. The summed E-state index contributed by atoms with van der Waals surface area (Å²) in [5.41, 5.74) is 4.72. The highest BCUT2D eigenvalue weighted by atomic mass is 32.2. The first kappa shape index (κ1) is 19.8. The Labute approximate surface area is 173 Å². The van der Waals surface area contributed by atoms with E-state index in [9.17, 15) is 5.11 Å². The van der Waals surface area contributed by atoms with E-state index in [0.717, 1.165) is 53.3 Å². The molecule has 1 aliphatic rings. The Balaban J connectivity index is 1.78. The lowest BCUT2D eigenvalue weighted by molar-refractivity contribution is -0.432. The third-order valence-corrected chi connectivity index (χ3v) is 5.92. The first-order valence-electron chi connectivity index (χ1n) is 9.67. The predicted octanol–water partition coefficient (Wildman–Crippen LogP) is 6.83. The molecule has 0 amide bonds. The van der Waals surface area contributed by atoms with E-state index in [-0.39, 0.29) is 11.4 Å². The number of nitrogens with zero attached hydrogens (tertiary/aromatic N) is 2. The van der Waals surface area contributed by atoms with Crippen LogP contribution < -0.4 is 0 Å². The smallest absolute Gasteiger partial charge is 0.152 e. The Kier molecular flexibility index (Phi) is 6.10. The van der Waals surface area contributed by atoms with Gasteiger partial charge in [-0.15, -0.1) is 9.45 Å². The molecule has 3 aromatic rings. The second-order valence-corrected chi connectivity index (χ2v) is 7.77. The molecule has 3 aromatic carbocycles. The molecule has 4 rings (SSSR count). The quantitative estimate of drug-likeness (QED) is 0.201. The molecule has 6 nitrogen and oxygen atoms in total. The summed E-state index contributed by atoms with van der Waals surface area (Å²) in [4.78, 5) is 0.485. The number of rotatable bonds is 6. The maximum atomic E-state index is 11.0. The van der Waals surface area contributed by atoms with Crippen LogP contribution in [0.3, 0.4) is 0 Å². The van der Waals surface area contributed by atoms with Crippen LogP contribution >= 0.6 is 12.0 Å². The molecule has 0 heterocycles. The van der Waals surface area contributed by atoms with Crippen LogP contribution in [-0.2, 0) is 28.6 Å². The third kappa shape index (κ3) is 4.13. The van der Waals surface area contributed by atoms with Crippen molar-refractivity contribution in [3.8, 4) is 5.75 Å². The predicted molar refractivity (Wildman–Crippen MR) is 113 cm³/mol. The summed E-state index contributed by atoms with van der Waals surface area (Å²) in [5, 5.41) is 33.6. The number of hydrogen-bond donors (Lipinski definition) is 2. The molecule has 0 fully saturated rings. The van der Waals surface area contributed by atoms with Crippen LogP contribution in [0.25, 0.3) is 10.8 Å². The monoisotopic (exact) mass is 410 g/mol.